The number of ether oxygens (including phenoxy) is 2. The van der Waals surface area contributed by atoms with Crippen molar-refractivity contribution in [2.24, 2.45) is 0 Å². The van der Waals surface area contributed by atoms with Crippen molar-refractivity contribution in [1.29, 1.82) is 0 Å². The van der Waals surface area contributed by atoms with Crippen LogP contribution in [-0.4, -0.2) is 47.3 Å². The van der Waals surface area contributed by atoms with Gasteiger partial charge in [0.05, 0.1) is 12.2 Å². The lowest BCUT2D eigenvalue weighted by atomic mass is 9.96. The Labute approximate surface area is 240 Å². The van der Waals surface area contributed by atoms with Crippen LogP contribution in [0.5, 0.6) is 11.5 Å². The maximum Gasteiger partial charge on any atom is 0.348 e. The van der Waals surface area contributed by atoms with Crippen LogP contribution in [0.4, 0.5) is 19.3 Å². The molecular weight excluding hydrogens is 530 g/mol. The number of nitrogens with zero attached hydrogens (tertiary/aromatic N) is 1. The first kappa shape index (κ1) is 31.4. The molecule has 0 heterocycles. The molecule has 0 fully saturated rings. The first-order chi connectivity index (χ1) is 19.7. The number of anilines is 1. The molecule has 220 valence electrons. The van der Waals surface area contributed by atoms with Gasteiger partial charge in [0.1, 0.15) is 29.7 Å². The number of hydrogen-bond donors (Lipinski definition) is 2. The van der Waals surface area contributed by atoms with Gasteiger partial charge in [-0.2, -0.15) is 0 Å². The van der Waals surface area contributed by atoms with Gasteiger partial charge in [0.2, 0.25) is 5.60 Å². The second-order valence-electron chi connectivity index (χ2n) is 10.1. The molecule has 3 aromatic carbocycles. The summed E-state index contributed by atoms with van der Waals surface area (Å²) in [6, 6.07) is 18.4. The molecule has 0 aliphatic rings. The number of unbranched alkanes of at least 4 members (excludes halogenated alkanes) is 4. The zero-order chi connectivity index (χ0) is 29.7. The van der Waals surface area contributed by atoms with E-state index in [0.717, 1.165) is 49.8 Å². The number of rotatable bonds is 16. The zero-order valence-corrected chi connectivity index (χ0v) is 23.6. The van der Waals surface area contributed by atoms with Crippen LogP contribution in [0.25, 0.3) is 0 Å². The van der Waals surface area contributed by atoms with Crippen molar-refractivity contribution in [3.63, 3.8) is 0 Å². The topological polar surface area (TPSA) is 88.1 Å². The minimum Gasteiger partial charge on any atom is -0.492 e. The number of aliphatic carboxylic acids is 1. The number of carbonyl (C=O) groups excluding carboxylic acids is 1. The van der Waals surface area contributed by atoms with Crippen molar-refractivity contribution in [3.05, 3.63) is 90.0 Å². The van der Waals surface area contributed by atoms with Crippen molar-refractivity contribution >= 4 is 17.7 Å². The van der Waals surface area contributed by atoms with Crippen molar-refractivity contribution in [3.8, 4) is 11.5 Å². The number of benzene rings is 3. The molecule has 3 rings (SSSR count). The minimum absolute atomic E-state index is 0.0894. The molecule has 0 aliphatic carbocycles. The second-order valence-corrected chi connectivity index (χ2v) is 10.1. The summed E-state index contributed by atoms with van der Waals surface area (Å²) in [7, 11) is 0. The quantitative estimate of drug-likeness (QED) is 0.177. The Morgan fingerprint density at radius 1 is 0.902 bits per heavy atom. The monoisotopic (exact) mass is 568 g/mol. The van der Waals surface area contributed by atoms with E-state index in [1.807, 2.05) is 6.07 Å². The molecule has 0 spiro atoms. The van der Waals surface area contributed by atoms with Gasteiger partial charge < -0.3 is 24.8 Å². The molecule has 0 saturated heterocycles. The van der Waals surface area contributed by atoms with Gasteiger partial charge in [-0.15, -0.1) is 0 Å². The van der Waals surface area contributed by atoms with Crippen LogP contribution in [0.15, 0.2) is 72.8 Å². The molecule has 1 unspecified atom stereocenters. The largest absolute Gasteiger partial charge is 0.492 e. The number of carbonyl (C=O) groups is 2. The van der Waals surface area contributed by atoms with Gasteiger partial charge in [0.25, 0.3) is 0 Å². The SMILES string of the molecule is CCCCCCCN(CCOc1ccc(CC(C)(Oc2ccccc2)C(=O)O)cc1)C(=O)Nc1ccc(F)cc1F. The highest BCUT2D eigenvalue weighted by atomic mass is 19.1. The molecule has 3 aromatic rings. The van der Waals surface area contributed by atoms with Crippen molar-refractivity contribution < 1.29 is 33.0 Å². The molecule has 41 heavy (non-hydrogen) atoms. The number of urea groups is 1. The van der Waals surface area contributed by atoms with Crippen LogP contribution in [0, 0.1) is 11.6 Å². The summed E-state index contributed by atoms with van der Waals surface area (Å²) in [6.07, 6.45) is 5.20. The lowest BCUT2D eigenvalue weighted by molar-refractivity contribution is -0.153. The minimum atomic E-state index is -1.46. The highest BCUT2D eigenvalue weighted by Crippen LogP contribution is 2.24. The summed E-state index contributed by atoms with van der Waals surface area (Å²) in [6.45, 7) is 4.58. The average Bonchev–Trinajstić information content (AvgIpc) is 2.94. The van der Waals surface area contributed by atoms with Crippen LogP contribution < -0.4 is 14.8 Å². The Kier molecular flexibility index (Phi) is 11.9. The van der Waals surface area contributed by atoms with Crippen LogP contribution in [-0.2, 0) is 11.2 Å². The van der Waals surface area contributed by atoms with E-state index in [2.05, 4.69) is 12.2 Å². The van der Waals surface area contributed by atoms with Crippen LogP contribution in [0.2, 0.25) is 0 Å². The molecule has 0 aliphatic heterocycles. The number of halogens is 2. The molecule has 2 N–H and O–H groups in total. The van der Waals surface area contributed by atoms with E-state index in [1.54, 1.807) is 53.4 Å². The summed E-state index contributed by atoms with van der Waals surface area (Å²) in [5.74, 6) is -1.61. The summed E-state index contributed by atoms with van der Waals surface area (Å²) >= 11 is 0. The van der Waals surface area contributed by atoms with E-state index in [-0.39, 0.29) is 25.3 Å². The maximum atomic E-state index is 14.1. The number of carboxylic acids is 1. The molecule has 7 nitrogen and oxygen atoms in total. The molecule has 0 aromatic heterocycles. The van der Waals surface area contributed by atoms with Crippen molar-refractivity contribution in [2.45, 2.75) is 58.0 Å². The third kappa shape index (κ3) is 10.1. The predicted octanol–water partition coefficient (Wildman–Crippen LogP) is 7.31. The fraction of sp³-hybridized carbons (Fsp3) is 0.375. The van der Waals surface area contributed by atoms with Crippen LogP contribution in [0.3, 0.4) is 0 Å². The highest BCUT2D eigenvalue weighted by molar-refractivity contribution is 5.89. The lowest BCUT2D eigenvalue weighted by Gasteiger charge is -2.26. The normalized spacial score (nSPS) is 12.3. The Hall–Kier alpha value is -4.14. The number of para-hydroxylation sites is 1. The standard InChI is InChI=1S/C32H38F2N2O5/c1-3-4-5-6-10-19-36(31(39)35-29-18-15-25(33)22-28(29)34)20-21-40-26-16-13-24(14-17-26)23-32(2,30(37)38)41-27-11-8-7-9-12-27/h7-9,11-18,22H,3-6,10,19-21,23H2,1-2H3,(H,35,39)(H,37,38). The van der Waals surface area contributed by atoms with Gasteiger partial charge in [-0.3, -0.25) is 0 Å². The molecule has 0 bridgehead atoms. The lowest BCUT2D eigenvalue weighted by Crippen LogP contribution is -2.43. The third-order valence-corrected chi connectivity index (χ3v) is 6.62. The Balaban J connectivity index is 1.57. The third-order valence-electron chi connectivity index (χ3n) is 6.62. The number of hydrogen-bond acceptors (Lipinski definition) is 4. The fourth-order valence-corrected chi connectivity index (χ4v) is 4.28. The van der Waals surface area contributed by atoms with Gasteiger partial charge in [-0.05, 0) is 55.3 Å². The van der Waals surface area contributed by atoms with Crippen LogP contribution >= 0.6 is 0 Å². The van der Waals surface area contributed by atoms with Gasteiger partial charge >= 0.3 is 12.0 Å². The predicted molar refractivity (Wildman–Crippen MR) is 154 cm³/mol. The molecule has 2 amide bonds. The van der Waals surface area contributed by atoms with E-state index in [4.69, 9.17) is 9.47 Å². The first-order valence-corrected chi connectivity index (χ1v) is 13.9. The van der Waals surface area contributed by atoms with Gasteiger partial charge in [-0.25, -0.2) is 18.4 Å². The van der Waals surface area contributed by atoms with Crippen LogP contribution in [0.1, 0.15) is 51.5 Å². The zero-order valence-electron chi connectivity index (χ0n) is 23.6. The Morgan fingerprint density at radius 3 is 2.27 bits per heavy atom. The van der Waals surface area contributed by atoms with E-state index >= 15 is 0 Å². The van der Waals surface area contributed by atoms with Gasteiger partial charge in [0.15, 0.2) is 0 Å². The smallest absolute Gasteiger partial charge is 0.348 e. The fourth-order valence-electron chi connectivity index (χ4n) is 4.28. The summed E-state index contributed by atoms with van der Waals surface area (Å²) in [4.78, 5) is 26.5. The van der Waals surface area contributed by atoms with E-state index < -0.39 is 29.2 Å². The number of amides is 2. The molecule has 1 atom stereocenters. The van der Waals surface area contributed by atoms with Gasteiger partial charge in [-0.1, -0.05) is 62.9 Å². The summed E-state index contributed by atoms with van der Waals surface area (Å²) < 4.78 is 39.0. The van der Waals surface area contributed by atoms with E-state index in [1.165, 1.54) is 13.0 Å². The summed E-state index contributed by atoms with van der Waals surface area (Å²) in [5.41, 5.74) is -0.792. The number of nitrogens with one attached hydrogen (secondary N) is 1. The molecular formula is C32H38F2N2O5. The van der Waals surface area contributed by atoms with Crippen molar-refractivity contribution in [1.82, 2.24) is 4.90 Å². The van der Waals surface area contributed by atoms with Gasteiger partial charge in [0, 0.05) is 19.0 Å². The molecule has 0 radical (unpaired) electrons. The molecule has 0 saturated carbocycles. The molecule has 9 heteroatoms. The first-order valence-electron chi connectivity index (χ1n) is 13.9. The summed E-state index contributed by atoms with van der Waals surface area (Å²) in [5, 5.41) is 12.3. The van der Waals surface area contributed by atoms with E-state index in [9.17, 15) is 23.5 Å². The Bertz CT molecular complexity index is 1260. The average molecular weight is 569 g/mol. The van der Waals surface area contributed by atoms with E-state index in [0.29, 0.717) is 18.0 Å². The second kappa shape index (κ2) is 15.6. The van der Waals surface area contributed by atoms with Crippen molar-refractivity contribution in [2.75, 3.05) is 25.0 Å². The highest BCUT2D eigenvalue weighted by Gasteiger charge is 2.36. The Morgan fingerprint density at radius 2 is 1.61 bits per heavy atom. The maximum absolute atomic E-state index is 14.1. The number of carboxylic acid groups (broad SMARTS) is 1.